The van der Waals surface area contributed by atoms with Crippen LogP contribution in [-0.2, 0) is 30.1 Å². The Labute approximate surface area is 502 Å². The summed E-state index contributed by atoms with van der Waals surface area (Å²) in [6, 6.07) is 50.5. The number of ketones is 3. The maximum Gasteiger partial charge on any atom is 0.268 e. The van der Waals surface area contributed by atoms with Gasteiger partial charge in [-0.15, -0.1) is 0 Å². The smallest absolute Gasteiger partial charge is 0.268 e. The number of rotatable bonds is 14. The zero-order chi connectivity index (χ0) is 61.0. The van der Waals surface area contributed by atoms with Crippen molar-refractivity contribution in [2.24, 2.45) is 0 Å². The van der Waals surface area contributed by atoms with Crippen LogP contribution in [0.25, 0.3) is 44.2 Å². The van der Waals surface area contributed by atoms with Crippen LogP contribution in [0.5, 0.6) is 11.5 Å². The van der Waals surface area contributed by atoms with E-state index in [0.29, 0.717) is 59.1 Å². The lowest BCUT2D eigenvalue weighted by atomic mass is 10.1. The van der Waals surface area contributed by atoms with Crippen LogP contribution in [0.15, 0.2) is 240 Å². The van der Waals surface area contributed by atoms with Gasteiger partial charge in [0, 0.05) is 78.7 Å². The highest BCUT2D eigenvalue weighted by Gasteiger charge is 2.27. The van der Waals surface area contributed by atoms with Crippen LogP contribution in [0, 0.1) is 0 Å². The Morgan fingerprint density at radius 1 is 0.424 bits per heavy atom. The van der Waals surface area contributed by atoms with Gasteiger partial charge in [0.2, 0.25) is 0 Å². The summed E-state index contributed by atoms with van der Waals surface area (Å²) in [5, 5.41) is 33.8. The first-order chi connectivity index (χ1) is 40.5. The van der Waals surface area contributed by atoms with E-state index in [2.05, 4.69) is 0 Å². The quantitative estimate of drug-likeness (QED) is 0.0522. The number of nitrogens with zero attached hydrogens (tertiary/aromatic N) is 3. The second-order valence-electron chi connectivity index (χ2n) is 18.5. The number of hydrogen-bond acceptors (Lipinski definition) is 13. The van der Waals surface area contributed by atoms with Gasteiger partial charge < -0.3 is 20.1 Å². The number of carbonyl (C=O) groups excluding carboxylic acids is 3. The van der Waals surface area contributed by atoms with Gasteiger partial charge in [0.25, 0.3) is 30.1 Å². The molecule has 16 nitrogen and oxygen atoms in total. The van der Waals surface area contributed by atoms with Crippen LogP contribution >= 0.6 is 34.8 Å². The molecule has 0 amide bonds. The Morgan fingerprint density at radius 2 is 0.741 bits per heavy atom. The Hall–Kier alpha value is -9.21. The summed E-state index contributed by atoms with van der Waals surface area (Å²) in [4.78, 5) is 37.4. The molecule has 85 heavy (non-hydrogen) atoms. The van der Waals surface area contributed by atoms with Crippen LogP contribution in [-0.4, -0.2) is 76.9 Å². The molecule has 0 aliphatic heterocycles. The third kappa shape index (κ3) is 12.5. The van der Waals surface area contributed by atoms with Gasteiger partial charge in [-0.3, -0.25) is 14.4 Å². The zero-order valence-electron chi connectivity index (χ0n) is 44.5. The first-order valence-electron chi connectivity index (χ1n) is 25.2. The Morgan fingerprint density at radius 3 is 1.11 bits per heavy atom. The number of Topliss-reactive ketones (excluding diaryl/α,β-unsaturated/α-hetero) is 1. The van der Waals surface area contributed by atoms with E-state index in [-0.39, 0.29) is 48.5 Å². The molecule has 0 spiro atoms. The zero-order valence-corrected chi connectivity index (χ0v) is 49.2. The van der Waals surface area contributed by atoms with Gasteiger partial charge in [-0.25, -0.2) is 37.2 Å². The molecule has 3 aromatic heterocycles. The lowest BCUT2D eigenvalue weighted by molar-refractivity contribution is 0.101. The second kappa shape index (κ2) is 24.9. The topological polar surface area (TPSA) is 238 Å². The number of para-hydroxylation sites is 2. The summed E-state index contributed by atoms with van der Waals surface area (Å²) >= 11 is 18.2. The van der Waals surface area contributed by atoms with E-state index < -0.39 is 53.2 Å². The summed E-state index contributed by atoms with van der Waals surface area (Å²) < 4.78 is 86.9. The fraction of sp³-hybridized carbons (Fsp3) is 0.0317. The molecule has 0 aliphatic carbocycles. The highest BCUT2D eigenvalue weighted by atomic mass is 35.5. The molecule has 8 aromatic carbocycles. The highest BCUT2D eigenvalue weighted by molar-refractivity contribution is 7.90. The minimum atomic E-state index is -3.97. The lowest BCUT2D eigenvalue weighted by Gasteiger charge is -2.07. The van der Waals surface area contributed by atoms with E-state index in [1.807, 2.05) is 0 Å². The molecule has 3 N–H and O–H groups in total. The molecule has 22 heteroatoms. The van der Waals surface area contributed by atoms with E-state index in [0.717, 1.165) is 24.1 Å². The van der Waals surface area contributed by atoms with Gasteiger partial charge in [-0.2, -0.15) is 0 Å². The van der Waals surface area contributed by atoms with Crippen molar-refractivity contribution in [2.45, 2.75) is 21.6 Å². The first kappa shape index (κ1) is 60.4. The summed E-state index contributed by atoms with van der Waals surface area (Å²) in [7, 11) is -10.2. The van der Waals surface area contributed by atoms with E-state index in [4.69, 9.17) is 39.5 Å². The third-order valence-electron chi connectivity index (χ3n) is 13.1. The third-order valence-corrected chi connectivity index (χ3v) is 18.9. The molecule has 0 unspecified atom stereocenters. The summed E-state index contributed by atoms with van der Waals surface area (Å²) in [5.41, 5.74) is 1.91. The van der Waals surface area contributed by atoms with Gasteiger partial charge in [0.05, 0.1) is 49.5 Å². The largest absolute Gasteiger partial charge is 0.507 e. The van der Waals surface area contributed by atoms with Crippen molar-refractivity contribution in [3.05, 3.63) is 268 Å². The molecule has 0 saturated carbocycles. The van der Waals surface area contributed by atoms with Gasteiger partial charge in [-0.1, -0.05) is 114 Å². The summed E-state index contributed by atoms with van der Waals surface area (Å²) in [5.74, 6) is -2.06. The number of methoxy groups -OCH3 is 1. The standard InChI is InChI=1S/C24H18ClNO5S.C23H16ClNO5S.C16H12ClNO3S/c1-31-24-10-6-5-9-18(24)22(27)14-23(28)20-15-26(21-12-11-16(25)13-19(20)21)32(29,30)17-7-3-2-4-8-17;24-15-10-11-20-18(12-15)19(14-25(20)31(29,30)16-6-2-1-3-7-16)23(28)13-22(27)17-8-4-5-9-21(17)26;1-11(19)15-10-18(16-8-7-12(17)9-14(15)16)22(20,21)13-5-3-2-4-6-13/h2-15,28H,1H3;1-14,26,28H;2-10H,1H3. The fourth-order valence-electron chi connectivity index (χ4n) is 9.01. The maximum absolute atomic E-state index is 13.2. The molecule has 0 saturated heterocycles. The molecule has 11 aromatic rings. The Bertz CT molecular complexity index is 4830. The monoisotopic (exact) mass is 1250 g/mol. The van der Waals surface area contributed by atoms with Crippen molar-refractivity contribution in [1.29, 1.82) is 0 Å². The number of allylic oxidation sites excluding steroid dienone is 2. The molecule has 0 fully saturated rings. The number of aliphatic hydroxyl groups is 2. The summed E-state index contributed by atoms with van der Waals surface area (Å²) in [6.07, 6.45) is 5.85. The van der Waals surface area contributed by atoms with Gasteiger partial charge >= 0.3 is 0 Å². The van der Waals surface area contributed by atoms with Crippen molar-refractivity contribution in [3.63, 3.8) is 0 Å². The molecule has 0 atom stereocenters. The van der Waals surface area contributed by atoms with E-state index >= 15 is 0 Å². The maximum atomic E-state index is 13.2. The number of benzene rings is 8. The molecule has 0 radical (unpaired) electrons. The average molecular weight is 1260 g/mol. The SMILES string of the molecule is CC(=O)c1cn(S(=O)(=O)c2ccccc2)c2ccc(Cl)cc12.COc1ccccc1C(=O)C=C(O)c1cn(S(=O)(=O)c2ccccc2)c2ccc(Cl)cc12.O=C(C=C(O)c1cn(S(=O)(=O)c2ccccc2)c2ccc(Cl)cc12)c1ccccc1O. The van der Waals surface area contributed by atoms with E-state index in [1.165, 1.54) is 93.3 Å². The fourth-order valence-corrected chi connectivity index (χ4v) is 13.7. The second-order valence-corrected chi connectivity index (χ2v) is 25.3. The number of ether oxygens (including phenoxy) is 1. The van der Waals surface area contributed by atoms with Crippen molar-refractivity contribution in [1.82, 2.24) is 11.9 Å². The Kier molecular flexibility index (Phi) is 17.7. The average Bonchev–Trinajstić information content (AvgIpc) is 1.76. The van der Waals surface area contributed by atoms with Gasteiger partial charge in [0.15, 0.2) is 17.3 Å². The molecule has 430 valence electrons. The number of phenolic OH excluding ortho intramolecular Hbond substituents is 1. The Balaban J connectivity index is 0.000000155. The van der Waals surface area contributed by atoms with Gasteiger partial charge in [-0.05, 0) is 122 Å². The number of hydrogen-bond donors (Lipinski definition) is 3. The van der Waals surface area contributed by atoms with Gasteiger partial charge in [0.1, 0.15) is 23.0 Å². The number of aliphatic hydroxyl groups excluding tert-OH is 2. The predicted octanol–water partition coefficient (Wildman–Crippen LogP) is 14.1. The van der Waals surface area contributed by atoms with Crippen LogP contribution in [0.1, 0.15) is 49.1 Å². The van der Waals surface area contributed by atoms with Crippen LogP contribution in [0.4, 0.5) is 0 Å². The van der Waals surface area contributed by atoms with Crippen LogP contribution in [0.2, 0.25) is 15.1 Å². The number of aromatic nitrogens is 3. The van der Waals surface area contributed by atoms with E-state index in [9.17, 15) is 55.0 Å². The molecule has 0 aliphatic rings. The summed E-state index contributed by atoms with van der Waals surface area (Å²) in [6.45, 7) is 1.40. The minimum Gasteiger partial charge on any atom is -0.507 e. The molecule has 0 bridgehead atoms. The predicted molar refractivity (Wildman–Crippen MR) is 329 cm³/mol. The minimum absolute atomic E-state index is 0.00716. The van der Waals surface area contributed by atoms with Crippen molar-refractivity contribution < 1.29 is 59.7 Å². The first-order valence-corrected chi connectivity index (χ1v) is 30.6. The van der Waals surface area contributed by atoms with Crippen LogP contribution < -0.4 is 4.74 Å². The number of halogens is 3. The highest BCUT2D eigenvalue weighted by Crippen LogP contribution is 2.35. The molecular weight excluding hydrogens is 1210 g/mol. The van der Waals surface area contributed by atoms with Crippen LogP contribution in [0.3, 0.4) is 0 Å². The molecule has 3 heterocycles. The van der Waals surface area contributed by atoms with Crippen molar-refractivity contribution in [2.75, 3.05) is 7.11 Å². The van der Waals surface area contributed by atoms with E-state index in [1.54, 1.807) is 133 Å². The molecular formula is C63H46Cl3N3O13S3. The number of carbonyl (C=O) groups is 3. The number of phenols is 1. The number of fused-ring (bicyclic) bond motifs is 3. The lowest BCUT2D eigenvalue weighted by Crippen LogP contribution is -2.11. The number of aromatic hydroxyl groups is 1. The van der Waals surface area contributed by atoms with Crippen molar-refractivity contribution in [3.8, 4) is 11.5 Å². The van der Waals surface area contributed by atoms with Crippen molar-refractivity contribution >= 4 is 126 Å². The molecule has 11 rings (SSSR count). The normalized spacial score (nSPS) is 12.1.